The lowest BCUT2D eigenvalue weighted by atomic mass is 10.1. The quantitative estimate of drug-likeness (QED) is 0.0199. The van der Waals surface area contributed by atoms with Crippen molar-refractivity contribution in [2.75, 3.05) is 13.2 Å². The van der Waals surface area contributed by atoms with Crippen LogP contribution in [0.25, 0.3) is 0 Å². The molecular weight excluding hydrogens is 841 g/mol. The van der Waals surface area contributed by atoms with Crippen LogP contribution in [0, 0.1) is 0 Å². The Morgan fingerprint density at radius 1 is 0.324 bits per heavy atom. The fourth-order valence-corrected chi connectivity index (χ4v) is 7.42. The van der Waals surface area contributed by atoms with Crippen LogP contribution in [0.1, 0.15) is 245 Å². The molecule has 6 nitrogen and oxygen atoms in total. The highest BCUT2D eigenvalue weighted by Gasteiger charge is 2.19. The molecule has 0 aliphatic heterocycles. The molecule has 0 fully saturated rings. The molecule has 0 N–H and O–H groups in total. The highest BCUT2D eigenvalue weighted by molar-refractivity contribution is 5.71. The van der Waals surface area contributed by atoms with Crippen molar-refractivity contribution in [3.63, 3.8) is 0 Å². The average molecular weight is 943 g/mol. The summed E-state index contributed by atoms with van der Waals surface area (Å²) < 4.78 is 16.8. The molecule has 1 unspecified atom stereocenters. The first-order valence-electron chi connectivity index (χ1n) is 27.9. The summed E-state index contributed by atoms with van der Waals surface area (Å²) in [4.78, 5) is 38.1. The standard InChI is InChI=1S/C62H102O6/c1-4-7-10-13-16-19-22-25-27-29-31-33-34-37-40-43-46-49-52-55-61(64)67-58-59(57-66-60(63)54-51-48-45-42-39-36-24-21-18-15-12-9-6-3)68-62(65)56-53-50-47-44-41-38-35-32-30-28-26-23-20-17-14-11-8-5-2/h7,9-10,12,15-16,18-19,21,24-25,27-28,30-33,35,59H,4-6,8,11,13-14,17,20,22-23,26,29,34,36-58H2,1-3H3/b10-7+,12-9+,18-15+,19-16+,24-21+,27-25+,30-28+,33-31+,35-32+. The van der Waals surface area contributed by atoms with E-state index < -0.39 is 6.10 Å². The van der Waals surface area contributed by atoms with Gasteiger partial charge >= 0.3 is 17.9 Å². The first-order chi connectivity index (χ1) is 33.5. The lowest BCUT2D eigenvalue weighted by molar-refractivity contribution is -0.167. The number of unbranched alkanes of at least 4 members (excludes halogenated alkanes) is 23. The van der Waals surface area contributed by atoms with Crippen LogP contribution < -0.4 is 0 Å². The Labute approximate surface area is 419 Å². The average Bonchev–Trinajstić information content (AvgIpc) is 3.34. The summed E-state index contributed by atoms with van der Waals surface area (Å²) in [6.07, 6.45) is 75.0. The minimum atomic E-state index is -0.803. The summed E-state index contributed by atoms with van der Waals surface area (Å²) in [7, 11) is 0. The molecule has 0 aliphatic carbocycles. The molecule has 386 valence electrons. The molecule has 0 aromatic carbocycles. The number of rotatable bonds is 49. The van der Waals surface area contributed by atoms with Gasteiger partial charge in [0.2, 0.25) is 0 Å². The zero-order valence-electron chi connectivity index (χ0n) is 44.1. The van der Waals surface area contributed by atoms with Gasteiger partial charge in [-0.25, -0.2) is 0 Å². The number of carbonyl (C=O) groups is 3. The Hall–Kier alpha value is -3.93. The molecule has 0 spiro atoms. The van der Waals surface area contributed by atoms with Gasteiger partial charge in [-0.15, -0.1) is 0 Å². The fourth-order valence-electron chi connectivity index (χ4n) is 7.42. The summed E-state index contributed by atoms with van der Waals surface area (Å²) in [6, 6.07) is 0. The van der Waals surface area contributed by atoms with Crippen LogP contribution in [0.2, 0.25) is 0 Å². The van der Waals surface area contributed by atoms with E-state index in [0.717, 1.165) is 141 Å². The third kappa shape index (κ3) is 53.0. The molecule has 0 aliphatic rings. The smallest absolute Gasteiger partial charge is 0.306 e. The molecule has 0 saturated carbocycles. The van der Waals surface area contributed by atoms with Crippen molar-refractivity contribution in [3.05, 3.63) is 109 Å². The molecule has 68 heavy (non-hydrogen) atoms. The summed E-state index contributed by atoms with van der Waals surface area (Å²) in [5.74, 6) is -0.950. The summed E-state index contributed by atoms with van der Waals surface area (Å²) in [6.45, 7) is 6.34. The van der Waals surface area contributed by atoms with E-state index in [1.54, 1.807) is 0 Å². The monoisotopic (exact) mass is 943 g/mol. The zero-order valence-corrected chi connectivity index (χ0v) is 44.1. The molecule has 0 amide bonds. The van der Waals surface area contributed by atoms with E-state index in [1.165, 1.54) is 64.2 Å². The number of allylic oxidation sites excluding steroid dienone is 18. The van der Waals surface area contributed by atoms with Crippen LogP contribution >= 0.6 is 0 Å². The largest absolute Gasteiger partial charge is 0.462 e. The van der Waals surface area contributed by atoms with Gasteiger partial charge in [0.05, 0.1) is 0 Å². The van der Waals surface area contributed by atoms with Gasteiger partial charge in [0, 0.05) is 19.3 Å². The highest BCUT2D eigenvalue weighted by atomic mass is 16.6. The summed E-state index contributed by atoms with van der Waals surface area (Å²) in [5.41, 5.74) is 0. The van der Waals surface area contributed by atoms with E-state index in [0.29, 0.717) is 19.3 Å². The van der Waals surface area contributed by atoms with Crippen LogP contribution in [0.3, 0.4) is 0 Å². The maximum absolute atomic E-state index is 12.8. The molecule has 0 aromatic rings. The molecular formula is C62H102O6. The van der Waals surface area contributed by atoms with E-state index in [1.807, 2.05) is 0 Å². The van der Waals surface area contributed by atoms with E-state index >= 15 is 0 Å². The van der Waals surface area contributed by atoms with Crippen molar-refractivity contribution in [2.24, 2.45) is 0 Å². The van der Waals surface area contributed by atoms with Crippen molar-refractivity contribution in [2.45, 2.75) is 252 Å². The first kappa shape index (κ1) is 64.1. The third-order valence-electron chi connectivity index (χ3n) is 11.6. The van der Waals surface area contributed by atoms with Crippen LogP contribution in [0.15, 0.2) is 109 Å². The second kappa shape index (κ2) is 55.7. The van der Waals surface area contributed by atoms with Gasteiger partial charge in [-0.1, -0.05) is 233 Å². The maximum atomic E-state index is 12.8. The van der Waals surface area contributed by atoms with Crippen molar-refractivity contribution >= 4 is 17.9 Å². The molecule has 1 atom stereocenters. The Balaban J connectivity index is 4.46. The van der Waals surface area contributed by atoms with Gasteiger partial charge < -0.3 is 14.2 Å². The van der Waals surface area contributed by atoms with Gasteiger partial charge in [-0.2, -0.15) is 0 Å². The lowest BCUT2D eigenvalue weighted by Gasteiger charge is -2.18. The van der Waals surface area contributed by atoms with E-state index in [9.17, 15) is 14.4 Å². The van der Waals surface area contributed by atoms with Crippen LogP contribution in [-0.2, 0) is 28.6 Å². The Morgan fingerprint density at radius 2 is 0.647 bits per heavy atom. The van der Waals surface area contributed by atoms with Crippen LogP contribution in [-0.4, -0.2) is 37.2 Å². The van der Waals surface area contributed by atoms with Crippen molar-refractivity contribution in [3.8, 4) is 0 Å². The maximum Gasteiger partial charge on any atom is 0.306 e. The molecule has 6 heteroatoms. The number of esters is 3. The number of carbonyl (C=O) groups excluding carboxylic acids is 3. The second-order valence-corrected chi connectivity index (χ2v) is 18.2. The Kier molecular flexibility index (Phi) is 52.4. The highest BCUT2D eigenvalue weighted by Crippen LogP contribution is 2.14. The molecule has 0 rings (SSSR count). The molecule has 0 heterocycles. The Bertz CT molecular complexity index is 1410. The second-order valence-electron chi connectivity index (χ2n) is 18.2. The Morgan fingerprint density at radius 3 is 1.07 bits per heavy atom. The predicted octanol–water partition coefficient (Wildman–Crippen LogP) is 18.7. The normalized spacial score (nSPS) is 12.9. The van der Waals surface area contributed by atoms with Gasteiger partial charge in [0.15, 0.2) is 6.10 Å². The molecule has 0 bridgehead atoms. The number of hydrogen-bond donors (Lipinski definition) is 0. The van der Waals surface area contributed by atoms with Crippen LogP contribution in [0.5, 0.6) is 0 Å². The number of ether oxygens (including phenoxy) is 3. The van der Waals surface area contributed by atoms with Crippen molar-refractivity contribution < 1.29 is 28.6 Å². The molecule has 0 radical (unpaired) electrons. The van der Waals surface area contributed by atoms with Gasteiger partial charge in [0.25, 0.3) is 0 Å². The minimum absolute atomic E-state index is 0.101. The van der Waals surface area contributed by atoms with Gasteiger partial charge in [0.1, 0.15) is 13.2 Å². The predicted molar refractivity (Wildman–Crippen MR) is 293 cm³/mol. The van der Waals surface area contributed by atoms with Gasteiger partial charge in [-0.05, 0) is 103 Å². The summed E-state index contributed by atoms with van der Waals surface area (Å²) in [5, 5.41) is 0. The first-order valence-corrected chi connectivity index (χ1v) is 27.9. The topological polar surface area (TPSA) is 78.9 Å². The van der Waals surface area contributed by atoms with Crippen LogP contribution in [0.4, 0.5) is 0 Å². The number of hydrogen-bond acceptors (Lipinski definition) is 6. The zero-order chi connectivity index (χ0) is 49.3. The molecule has 0 saturated heterocycles. The lowest BCUT2D eigenvalue weighted by Crippen LogP contribution is -2.30. The summed E-state index contributed by atoms with van der Waals surface area (Å²) >= 11 is 0. The van der Waals surface area contributed by atoms with E-state index in [4.69, 9.17) is 14.2 Å². The SMILES string of the molecule is CC/C=C/C=C/C=C/CCCCCCCC(=O)OCC(COC(=O)CCCCCCCC/C=C/C/C=C/C/C=C/C/C=C/CC)OC(=O)CCCCCCC/C=C/C=C/CCCCCCCCC. The minimum Gasteiger partial charge on any atom is -0.462 e. The third-order valence-corrected chi connectivity index (χ3v) is 11.6. The van der Waals surface area contributed by atoms with E-state index in [2.05, 4.69) is 130 Å². The van der Waals surface area contributed by atoms with Gasteiger partial charge in [-0.3, -0.25) is 14.4 Å². The van der Waals surface area contributed by atoms with Crippen molar-refractivity contribution in [1.29, 1.82) is 0 Å². The molecule has 0 aromatic heterocycles. The van der Waals surface area contributed by atoms with E-state index in [-0.39, 0.29) is 31.1 Å². The van der Waals surface area contributed by atoms with Crippen molar-refractivity contribution in [1.82, 2.24) is 0 Å². The fraction of sp³-hybridized carbons (Fsp3) is 0.661.